The summed E-state index contributed by atoms with van der Waals surface area (Å²) in [5.41, 5.74) is 1.16. The van der Waals surface area contributed by atoms with Crippen LogP contribution >= 0.6 is 0 Å². The van der Waals surface area contributed by atoms with E-state index in [0.717, 1.165) is 5.56 Å². The minimum absolute atomic E-state index is 0.372. The van der Waals surface area contributed by atoms with Gasteiger partial charge in [0.15, 0.2) is 0 Å². The van der Waals surface area contributed by atoms with E-state index in [1.807, 2.05) is 12.1 Å². The minimum Gasteiger partial charge on any atom is -0.392 e. The molecule has 0 spiro atoms. The van der Waals surface area contributed by atoms with Crippen molar-refractivity contribution in [2.24, 2.45) is 0 Å². The van der Waals surface area contributed by atoms with Gasteiger partial charge in [-0.1, -0.05) is 42.5 Å². The number of fused-ring (bicyclic) bond motifs is 1. The number of aliphatic hydroxyl groups is 1. The van der Waals surface area contributed by atoms with E-state index in [0.29, 0.717) is 12.8 Å². The average Bonchev–Trinajstić information content (AvgIpc) is 2.36. The van der Waals surface area contributed by atoms with Gasteiger partial charge in [-0.2, -0.15) is 0 Å². The summed E-state index contributed by atoms with van der Waals surface area (Å²) in [5.74, 6) is 5.71. The van der Waals surface area contributed by atoms with Crippen LogP contribution in [0.1, 0.15) is 18.9 Å². The molecule has 0 saturated carbocycles. The largest absolute Gasteiger partial charge is 0.392 e. The summed E-state index contributed by atoms with van der Waals surface area (Å²) >= 11 is 0. The summed E-state index contributed by atoms with van der Waals surface area (Å²) in [4.78, 5) is 0. The molecule has 0 bridgehead atoms. The molecule has 2 rings (SSSR count). The van der Waals surface area contributed by atoms with Gasteiger partial charge in [0, 0.05) is 6.42 Å². The molecule has 1 atom stereocenters. The van der Waals surface area contributed by atoms with Gasteiger partial charge in [0.05, 0.1) is 6.10 Å². The molecule has 0 aromatic heterocycles. The summed E-state index contributed by atoms with van der Waals surface area (Å²) in [6.07, 6.45) is 0.839. The smallest absolute Gasteiger partial charge is 0.0689 e. The van der Waals surface area contributed by atoms with Crippen molar-refractivity contribution in [1.29, 1.82) is 0 Å². The van der Waals surface area contributed by atoms with Crippen LogP contribution in [-0.2, 0) is 6.42 Å². The molecular weight excluding hydrogens is 208 g/mol. The van der Waals surface area contributed by atoms with Crippen molar-refractivity contribution in [2.75, 3.05) is 0 Å². The van der Waals surface area contributed by atoms with E-state index in [1.54, 1.807) is 6.92 Å². The van der Waals surface area contributed by atoms with Crippen molar-refractivity contribution in [2.45, 2.75) is 25.9 Å². The molecule has 86 valence electrons. The fourth-order valence-electron chi connectivity index (χ4n) is 1.93. The molecule has 0 aliphatic carbocycles. The third-order valence-corrected chi connectivity index (χ3v) is 2.80. The maximum Gasteiger partial charge on any atom is 0.0689 e. The lowest BCUT2D eigenvalue weighted by Crippen LogP contribution is -2.09. The lowest BCUT2D eigenvalue weighted by atomic mass is 10.0. The van der Waals surface area contributed by atoms with Crippen LogP contribution in [0.3, 0.4) is 0 Å². The van der Waals surface area contributed by atoms with E-state index in [2.05, 4.69) is 42.2 Å². The molecule has 0 fully saturated rings. The van der Waals surface area contributed by atoms with Gasteiger partial charge in [0.1, 0.15) is 0 Å². The Bertz CT molecular complexity index is 560. The van der Waals surface area contributed by atoms with Crippen molar-refractivity contribution in [3.8, 4) is 11.8 Å². The van der Waals surface area contributed by atoms with Crippen LogP contribution in [0.4, 0.5) is 0 Å². The highest BCUT2D eigenvalue weighted by atomic mass is 16.3. The van der Waals surface area contributed by atoms with E-state index < -0.39 is 0 Å². The van der Waals surface area contributed by atoms with Crippen LogP contribution < -0.4 is 0 Å². The van der Waals surface area contributed by atoms with Gasteiger partial charge in [-0.25, -0.2) is 0 Å². The zero-order valence-electron chi connectivity index (χ0n) is 9.98. The Labute approximate surface area is 102 Å². The third kappa shape index (κ3) is 3.09. The molecule has 0 saturated heterocycles. The zero-order chi connectivity index (χ0) is 12.1. The molecule has 0 aliphatic rings. The normalized spacial score (nSPS) is 11.9. The Morgan fingerprint density at radius 2 is 1.88 bits per heavy atom. The summed E-state index contributed by atoms with van der Waals surface area (Å²) in [6, 6.07) is 14.6. The maximum atomic E-state index is 9.80. The number of aliphatic hydroxyl groups excluding tert-OH is 1. The van der Waals surface area contributed by atoms with Crippen molar-refractivity contribution >= 4 is 10.8 Å². The van der Waals surface area contributed by atoms with Gasteiger partial charge in [-0.3, -0.25) is 0 Å². The summed E-state index contributed by atoms with van der Waals surface area (Å²) in [6.45, 7) is 1.79. The first-order chi connectivity index (χ1) is 8.29. The lowest BCUT2D eigenvalue weighted by Gasteiger charge is -2.08. The monoisotopic (exact) mass is 224 g/mol. The van der Waals surface area contributed by atoms with Gasteiger partial charge in [0.2, 0.25) is 0 Å². The first-order valence-corrected chi connectivity index (χ1v) is 5.85. The van der Waals surface area contributed by atoms with E-state index in [-0.39, 0.29) is 6.10 Å². The van der Waals surface area contributed by atoms with Crippen LogP contribution in [0, 0.1) is 11.8 Å². The maximum absolute atomic E-state index is 9.80. The highest BCUT2D eigenvalue weighted by molar-refractivity contribution is 5.82. The number of rotatable bonds is 3. The van der Waals surface area contributed by atoms with Crippen LogP contribution in [0.25, 0.3) is 10.8 Å². The Hall–Kier alpha value is -1.78. The van der Waals surface area contributed by atoms with Gasteiger partial charge in [0.25, 0.3) is 0 Å². The zero-order valence-corrected chi connectivity index (χ0v) is 9.98. The summed E-state index contributed by atoms with van der Waals surface area (Å²) in [5, 5.41) is 12.3. The van der Waals surface area contributed by atoms with Crippen LogP contribution in [0.5, 0.6) is 0 Å². The van der Waals surface area contributed by atoms with Crippen molar-refractivity contribution < 1.29 is 5.11 Å². The fraction of sp³-hybridized carbons (Fsp3) is 0.250. The first kappa shape index (κ1) is 11.7. The molecule has 0 amide bonds. The molecule has 2 aromatic rings. The molecular formula is C16H16O. The second-order valence-corrected chi connectivity index (χ2v) is 4.17. The van der Waals surface area contributed by atoms with E-state index in [4.69, 9.17) is 0 Å². The molecule has 1 nitrogen and oxygen atoms in total. The Balaban J connectivity index is 2.15. The molecule has 17 heavy (non-hydrogen) atoms. The molecule has 0 heterocycles. The fourth-order valence-corrected chi connectivity index (χ4v) is 1.93. The molecule has 0 aliphatic heterocycles. The Kier molecular flexibility index (Phi) is 3.80. The van der Waals surface area contributed by atoms with Gasteiger partial charge in [-0.05, 0) is 29.7 Å². The lowest BCUT2D eigenvalue weighted by molar-refractivity contribution is 0.181. The highest BCUT2D eigenvalue weighted by Gasteiger charge is 2.04. The van der Waals surface area contributed by atoms with Gasteiger partial charge < -0.3 is 5.11 Å². The topological polar surface area (TPSA) is 20.2 Å². The van der Waals surface area contributed by atoms with Crippen LogP contribution in [0.15, 0.2) is 42.5 Å². The van der Waals surface area contributed by atoms with Crippen molar-refractivity contribution in [3.05, 3.63) is 48.0 Å². The Morgan fingerprint density at radius 1 is 1.12 bits per heavy atom. The molecule has 0 radical (unpaired) electrons. The van der Waals surface area contributed by atoms with Crippen molar-refractivity contribution in [3.63, 3.8) is 0 Å². The van der Waals surface area contributed by atoms with Gasteiger partial charge in [-0.15, -0.1) is 11.8 Å². The first-order valence-electron chi connectivity index (χ1n) is 5.85. The standard InChI is InChI=1S/C16H16O/c1-2-3-8-16(17)12-13-9-10-14-6-4-5-7-15(14)11-13/h4-7,9-11,16-17H,8,12H2,1H3. The highest BCUT2D eigenvalue weighted by Crippen LogP contribution is 2.17. The number of hydrogen-bond donors (Lipinski definition) is 1. The molecule has 1 unspecified atom stereocenters. The molecule has 1 N–H and O–H groups in total. The molecule has 1 heteroatoms. The quantitative estimate of drug-likeness (QED) is 0.794. The average molecular weight is 224 g/mol. The van der Waals surface area contributed by atoms with E-state index >= 15 is 0 Å². The van der Waals surface area contributed by atoms with Crippen LogP contribution in [-0.4, -0.2) is 11.2 Å². The molecule has 2 aromatic carbocycles. The van der Waals surface area contributed by atoms with Crippen molar-refractivity contribution in [1.82, 2.24) is 0 Å². The summed E-state index contributed by atoms with van der Waals surface area (Å²) in [7, 11) is 0. The second-order valence-electron chi connectivity index (χ2n) is 4.17. The second kappa shape index (κ2) is 5.52. The minimum atomic E-state index is -0.372. The van der Waals surface area contributed by atoms with Gasteiger partial charge >= 0.3 is 0 Å². The summed E-state index contributed by atoms with van der Waals surface area (Å²) < 4.78 is 0. The number of hydrogen-bond acceptors (Lipinski definition) is 1. The number of benzene rings is 2. The van der Waals surface area contributed by atoms with E-state index in [9.17, 15) is 5.11 Å². The van der Waals surface area contributed by atoms with E-state index in [1.165, 1.54) is 10.8 Å². The Morgan fingerprint density at radius 3 is 2.65 bits per heavy atom. The SMILES string of the molecule is CC#CCC(O)Cc1ccc2ccccc2c1. The predicted octanol–water partition coefficient (Wildman–Crippen LogP) is 3.16. The third-order valence-electron chi connectivity index (χ3n) is 2.80. The predicted molar refractivity (Wildman–Crippen MR) is 71.7 cm³/mol. The van der Waals surface area contributed by atoms with Crippen LogP contribution in [0.2, 0.25) is 0 Å².